The average Bonchev–Trinajstić information content (AvgIpc) is 2.64. The lowest BCUT2D eigenvalue weighted by Gasteiger charge is -2.32. The third-order valence-corrected chi connectivity index (χ3v) is 4.48. The number of hydrogen-bond donors (Lipinski definition) is 4. The van der Waals surface area contributed by atoms with Crippen LogP contribution < -0.4 is 16.4 Å². The van der Waals surface area contributed by atoms with Crippen molar-refractivity contribution < 1.29 is 4.79 Å². The van der Waals surface area contributed by atoms with Crippen molar-refractivity contribution in [3.63, 3.8) is 0 Å². The van der Waals surface area contributed by atoms with E-state index in [1.807, 2.05) is 18.2 Å². The van der Waals surface area contributed by atoms with E-state index >= 15 is 0 Å². The van der Waals surface area contributed by atoms with Crippen LogP contribution in [0.1, 0.15) is 29.9 Å². The zero-order valence-electron chi connectivity index (χ0n) is 13.5. The third kappa shape index (κ3) is 3.46. The van der Waals surface area contributed by atoms with E-state index in [9.17, 15) is 4.79 Å². The normalized spacial score (nSPS) is 20.3. The standard InChI is InChI=1S/C19H22N4O/c20-12-14-11-15(8-9-17(14)21)23-19(24)18-16(7-4-10-22-18)13-5-2-1-3-6-13/h1-3,5-6,8-9,11-12,16,18,20,22H,4,7,10,21H2,(H,23,24). The molecule has 0 radical (unpaired) electrons. The molecular formula is C19H22N4O. The molecule has 0 saturated carbocycles. The number of carbonyl (C=O) groups is 1. The average molecular weight is 322 g/mol. The van der Waals surface area contributed by atoms with E-state index in [4.69, 9.17) is 11.1 Å². The van der Waals surface area contributed by atoms with Gasteiger partial charge >= 0.3 is 0 Å². The van der Waals surface area contributed by atoms with Gasteiger partial charge in [-0.3, -0.25) is 4.79 Å². The van der Waals surface area contributed by atoms with E-state index in [-0.39, 0.29) is 17.9 Å². The summed E-state index contributed by atoms with van der Waals surface area (Å²) in [7, 11) is 0. The number of benzene rings is 2. The number of rotatable bonds is 4. The summed E-state index contributed by atoms with van der Waals surface area (Å²) in [4.78, 5) is 12.8. The summed E-state index contributed by atoms with van der Waals surface area (Å²) < 4.78 is 0. The first-order valence-corrected chi connectivity index (χ1v) is 8.18. The second kappa shape index (κ2) is 7.27. The Morgan fingerprint density at radius 3 is 2.79 bits per heavy atom. The number of carbonyl (C=O) groups excluding carboxylic acids is 1. The van der Waals surface area contributed by atoms with Gasteiger partial charge in [-0.05, 0) is 43.1 Å². The van der Waals surface area contributed by atoms with E-state index in [2.05, 4.69) is 22.8 Å². The van der Waals surface area contributed by atoms with Gasteiger partial charge in [-0.1, -0.05) is 30.3 Å². The Hall–Kier alpha value is -2.66. The lowest BCUT2D eigenvalue weighted by Crippen LogP contribution is -2.48. The van der Waals surface area contributed by atoms with Crippen molar-refractivity contribution in [3.8, 4) is 0 Å². The van der Waals surface area contributed by atoms with Gasteiger partial charge in [0.25, 0.3) is 0 Å². The predicted octanol–water partition coefficient (Wildman–Crippen LogP) is 2.74. The predicted molar refractivity (Wildman–Crippen MR) is 97.6 cm³/mol. The molecule has 1 aliphatic rings. The highest BCUT2D eigenvalue weighted by molar-refractivity contribution is 5.97. The second-order valence-electron chi connectivity index (χ2n) is 6.07. The number of nitrogens with two attached hydrogens (primary N) is 1. The van der Waals surface area contributed by atoms with Crippen LogP contribution in [0.4, 0.5) is 11.4 Å². The number of amides is 1. The van der Waals surface area contributed by atoms with E-state index in [0.29, 0.717) is 16.9 Å². The lowest BCUT2D eigenvalue weighted by atomic mass is 9.84. The van der Waals surface area contributed by atoms with E-state index < -0.39 is 0 Å². The Bertz CT molecular complexity index is 729. The van der Waals surface area contributed by atoms with Crippen LogP contribution in [0.2, 0.25) is 0 Å². The van der Waals surface area contributed by atoms with Crippen LogP contribution in [0.15, 0.2) is 48.5 Å². The van der Waals surface area contributed by atoms with Crippen molar-refractivity contribution in [1.82, 2.24) is 5.32 Å². The van der Waals surface area contributed by atoms with E-state index in [1.54, 1.807) is 18.2 Å². The summed E-state index contributed by atoms with van der Waals surface area (Å²) in [6.07, 6.45) is 3.24. The zero-order valence-corrected chi connectivity index (χ0v) is 13.5. The van der Waals surface area contributed by atoms with Crippen LogP contribution in [0.3, 0.4) is 0 Å². The van der Waals surface area contributed by atoms with Crippen molar-refractivity contribution in [3.05, 3.63) is 59.7 Å². The Morgan fingerprint density at radius 1 is 1.25 bits per heavy atom. The van der Waals surface area contributed by atoms with Crippen LogP contribution in [-0.4, -0.2) is 24.7 Å². The van der Waals surface area contributed by atoms with Crippen molar-refractivity contribution in [2.24, 2.45) is 0 Å². The maximum Gasteiger partial charge on any atom is 0.242 e. The molecule has 5 heteroatoms. The van der Waals surface area contributed by atoms with E-state index in [1.165, 1.54) is 11.8 Å². The number of nitrogen functional groups attached to an aromatic ring is 1. The van der Waals surface area contributed by atoms with Crippen molar-refractivity contribution in [2.45, 2.75) is 24.8 Å². The summed E-state index contributed by atoms with van der Waals surface area (Å²) in [5.41, 5.74) is 8.77. The van der Waals surface area contributed by atoms with Crippen LogP contribution >= 0.6 is 0 Å². The minimum Gasteiger partial charge on any atom is -0.398 e. The van der Waals surface area contributed by atoms with E-state index in [0.717, 1.165) is 19.4 Å². The molecule has 2 unspecified atom stereocenters. The Morgan fingerprint density at radius 2 is 2.04 bits per heavy atom. The summed E-state index contributed by atoms with van der Waals surface area (Å²) in [6, 6.07) is 15.1. The fourth-order valence-corrected chi connectivity index (χ4v) is 3.22. The lowest BCUT2D eigenvalue weighted by molar-refractivity contribution is -0.119. The minimum absolute atomic E-state index is 0.0516. The molecule has 0 bridgehead atoms. The highest BCUT2D eigenvalue weighted by Gasteiger charge is 2.31. The fraction of sp³-hybridized carbons (Fsp3) is 0.263. The van der Waals surface area contributed by atoms with Crippen molar-refractivity contribution in [2.75, 3.05) is 17.6 Å². The number of anilines is 2. The second-order valence-corrected chi connectivity index (χ2v) is 6.07. The molecule has 2 atom stereocenters. The maximum absolute atomic E-state index is 12.8. The smallest absolute Gasteiger partial charge is 0.242 e. The van der Waals surface area contributed by atoms with Gasteiger partial charge in [0.2, 0.25) is 5.91 Å². The van der Waals surface area contributed by atoms with Crippen LogP contribution in [0.25, 0.3) is 0 Å². The van der Waals surface area contributed by atoms with Gasteiger partial charge in [0.15, 0.2) is 0 Å². The van der Waals surface area contributed by atoms with Gasteiger partial charge < -0.3 is 21.8 Å². The molecular weight excluding hydrogens is 300 g/mol. The monoisotopic (exact) mass is 322 g/mol. The molecule has 1 aliphatic heterocycles. The number of piperidine rings is 1. The number of nitrogens with one attached hydrogen (secondary N) is 3. The molecule has 0 aliphatic carbocycles. The molecule has 0 aromatic heterocycles. The highest BCUT2D eigenvalue weighted by Crippen LogP contribution is 2.29. The maximum atomic E-state index is 12.8. The molecule has 1 saturated heterocycles. The van der Waals surface area contributed by atoms with Crippen LogP contribution in [0, 0.1) is 5.41 Å². The Labute approximate surface area is 141 Å². The summed E-state index contributed by atoms with van der Waals surface area (Å²) >= 11 is 0. The molecule has 2 aromatic carbocycles. The number of hydrogen-bond acceptors (Lipinski definition) is 4. The van der Waals surface area contributed by atoms with Crippen molar-refractivity contribution in [1.29, 1.82) is 5.41 Å². The summed E-state index contributed by atoms with van der Waals surface area (Å²) in [5.74, 6) is 0.111. The molecule has 5 nitrogen and oxygen atoms in total. The molecule has 0 spiro atoms. The van der Waals surface area contributed by atoms with Crippen LogP contribution in [0.5, 0.6) is 0 Å². The molecule has 5 N–H and O–H groups in total. The molecule has 24 heavy (non-hydrogen) atoms. The molecule has 1 fully saturated rings. The largest absolute Gasteiger partial charge is 0.398 e. The topological polar surface area (TPSA) is 91.0 Å². The fourth-order valence-electron chi connectivity index (χ4n) is 3.22. The van der Waals surface area contributed by atoms with Gasteiger partial charge in [-0.15, -0.1) is 0 Å². The van der Waals surface area contributed by atoms with Gasteiger partial charge in [0.1, 0.15) is 0 Å². The van der Waals surface area contributed by atoms with Gasteiger partial charge in [0.05, 0.1) is 6.04 Å². The summed E-state index contributed by atoms with van der Waals surface area (Å²) in [6.45, 7) is 0.842. The molecule has 124 valence electrons. The first-order valence-electron chi connectivity index (χ1n) is 8.18. The van der Waals surface area contributed by atoms with Gasteiger partial charge in [-0.2, -0.15) is 0 Å². The first kappa shape index (κ1) is 16.2. The molecule has 1 amide bonds. The highest BCUT2D eigenvalue weighted by atomic mass is 16.2. The van der Waals surface area contributed by atoms with Crippen LogP contribution in [-0.2, 0) is 4.79 Å². The summed E-state index contributed by atoms with van der Waals surface area (Å²) in [5, 5.41) is 13.7. The molecule has 1 heterocycles. The quantitative estimate of drug-likeness (QED) is 0.515. The third-order valence-electron chi connectivity index (χ3n) is 4.48. The zero-order chi connectivity index (χ0) is 16.9. The Kier molecular flexibility index (Phi) is 4.91. The Balaban J connectivity index is 1.78. The molecule has 3 rings (SSSR count). The SMILES string of the molecule is N=Cc1cc(NC(=O)C2NCCCC2c2ccccc2)ccc1N. The minimum atomic E-state index is -0.262. The van der Waals surface area contributed by atoms with Gasteiger partial charge in [0, 0.05) is 29.1 Å². The first-order chi connectivity index (χ1) is 11.7. The van der Waals surface area contributed by atoms with Gasteiger partial charge in [-0.25, -0.2) is 0 Å². The van der Waals surface area contributed by atoms with Crippen molar-refractivity contribution >= 4 is 23.5 Å². The molecule has 2 aromatic rings.